The summed E-state index contributed by atoms with van der Waals surface area (Å²) in [6.45, 7) is 6.20. The van der Waals surface area contributed by atoms with Crippen molar-refractivity contribution in [1.29, 1.82) is 0 Å². The minimum absolute atomic E-state index is 0.0188. The molecule has 1 aromatic carbocycles. The summed E-state index contributed by atoms with van der Waals surface area (Å²) in [4.78, 5) is 4.54. The molecule has 3 heteroatoms. The smallest absolute Gasteiger partial charge is 0.110 e. The van der Waals surface area contributed by atoms with Crippen LogP contribution >= 0.6 is 11.3 Å². The zero-order chi connectivity index (χ0) is 11.7. The Bertz CT molecular complexity index is 500. The normalized spacial score (nSPS) is 12.8. The number of thiazole rings is 1. The van der Waals surface area contributed by atoms with Gasteiger partial charge < -0.3 is 5.73 Å². The maximum Gasteiger partial charge on any atom is 0.110 e. The topological polar surface area (TPSA) is 38.9 Å². The summed E-state index contributed by atoms with van der Waals surface area (Å²) < 4.78 is 0. The zero-order valence-corrected chi connectivity index (χ0v) is 10.6. The molecule has 1 atom stereocenters. The molecule has 84 valence electrons. The summed E-state index contributed by atoms with van der Waals surface area (Å²) in [7, 11) is 0. The van der Waals surface area contributed by atoms with Crippen molar-refractivity contribution in [2.45, 2.75) is 26.8 Å². The number of hydrogen-bond acceptors (Lipinski definition) is 3. The van der Waals surface area contributed by atoms with Crippen LogP contribution in [0.15, 0.2) is 23.6 Å². The third-order valence-electron chi connectivity index (χ3n) is 2.71. The number of hydrogen-bond donors (Lipinski definition) is 1. The molecule has 0 bridgehead atoms. The van der Waals surface area contributed by atoms with Gasteiger partial charge in [0, 0.05) is 10.9 Å². The molecule has 0 saturated carbocycles. The second-order valence-electron chi connectivity index (χ2n) is 4.16. The van der Waals surface area contributed by atoms with E-state index >= 15 is 0 Å². The van der Waals surface area contributed by atoms with Crippen LogP contribution in [0.5, 0.6) is 0 Å². The van der Waals surface area contributed by atoms with Gasteiger partial charge in [0.05, 0.1) is 11.7 Å². The standard InChI is InChI=1S/C13H16N2S/c1-8-4-5-11(6-9(8)2)12-7-16-13(15-12)10(3)14/h4-7,10H,14H2,1-3H3. The molecule has 0 amide bonds. The van der Waals surface area contributed by atoms with Crippen LogP contribution in [0.1, 0.15) is 29.1 Å². The average molecular weight is 232 g/mol. The van der Waals surface area contributed by atoms with Crippen LogP contribution in [0, 0.1) is 13.8 Å². The summed E-state index contributed by atoms with van der Waals surface area (Å²) in [5.74, 6) is 0. The first-order valence-electron chi connectivity index (χ1n) is 5.36. The van der Waals surface area contributed by atoms with Crippen molar-refractivity contribution < 1.29 is 0 Å². The first-order valence-corrected chi connectivity index (χ1v) is 6.24. The highest BCUT2D eigenvalue weighted by molar-refractivity contribution is 7.10. The largest absolute Gasteiger partial charge is 0.322 e. The molecule has 0 aliphatic rings. The lowest BCUT2D eigenvalue weighted by Crippen LogP contribution is -2.03. The van der Waals surface area contributed by atoms with Crippen LogP contribution in [0.2, 0.25) is 0 Å². The summed E-state index contributed by atoms with van der Waals surface area (Å²) in [6.07, 6.45) is 0. The third-order valence-corrected chi connectivity index (χ3v) is 3.76. The van der Waals surface area contributed by atoms with Gasteiger partial charge in [-0.25, -0.2) is 4.98 Å². The molecule has 2 aromatic rings. The molecule has 0 spiro atoms. The van der Waals surface area contributed by atoms with Gasteiger partial charge in [-0.2, -0.15) is 0 Å². The van der Waals surface area contributed by atoms with Crippen molar-refractivity contribution in [3.05, 3.63) is 39.7 Å². The summed E-state index contributed by atoms with van der Waals surface area (Å²) in [5.41, 5.74) is 10.6. The molecule has 2 N–H and O–H groups in total. The van der Waals surface area contributed by atoms with E-state index in [1.165, 1.54) is 16.7 Å². The second kappa shape index (κ2) is 4.36. The van der Waals surface area contributed by atoms with E-state index in [2.05, 4.69) is 42.4 Å². The van der Waals surface area contributed by atoms with E-state index < -0.39 is 0 Å². The number of rotatable bonds is 2. The first-order chi connectivity index (χ1) is 7.58. The van der Waals surface area contributed by atoms with Crippen LogP contribution in [0.3, 0.4) is 0 Å². The fraction of sp³-hybridized carbons (Fsp3) is 0.308. The lowest BCUT2D eigenvalue weighted by atomic mass is 10.1. The molecule has 0 radical (unpaired) electrons. The molecule has 16 heavy (non-hydrogen) atoms. The molecule has 0 aliphatic carbocycles. The molecule has 2 nitrogen and oxygen atoms in total. The van der Waals surface area contributed by atoms with Crippen molar-refractivity contribution >= 4 is 11.3 Å². The maximum atomic E-state index is 5.81. The Hall–Kier alpha value is -1.19. The number of benzene rings is 1. The second-order valence-corrected chi connectivity index (χ2v) is 5.05. The van der Waals surface area contributed by atoms with Gasteiger partial charge in [-0.05, 0) is 38.0 Å². The van der Waals surface area contributed by atoms with Crippen molar-refractivity contribution in [3.8, 4) is 11.3 Å². The Kier molecular flexibility index (Phi) is 3.08. The first kappa shape index (κ1) is 11.3. The van der Waals surface area contributed by atoms with Crippen molar-refractivity contribution in [3.63, 3.8) is 0 Å². The van der Waals surface area contributed by atoms with Crippen LogP contribution in [-0.2, 0) is 0 Å². The third kappa shape index (κ3) is 2.15. The highest BCUT2D eigenvalue weighted by Gasteiger charge is 2.08. The number of aryl methyl sites for hydroxylation is 2. The monoisotopic (exact) mass is 232 g/mol. The molecule has 1 unspecified atom stereocenters. The molecule has 0 saturated heterocycles. The average Bonchev–Trinajstić information content (AvgIpc) is 2.71. The van der Waals surface area contributed by atoms with E-state index in [4.69, 9.17) is 5.73 Å². The Morgan fingerprint density at radius 2 is 2.00 bits per heavy atom. The molecule has 1 heterocycles. The van der Waals surface area contributed by atoms with E-state index in [1.54, 1.807) is 11.3 Å². The maximum absolute atomic E-state index is 5.81. The summed E-state index contributed by atoms with van der Waals surface area (Å²) in [6, 6.07) is 6.44. The highest BCUT2D eigenvalue weighted by atomic mass is 32.1. The van der Waals surface area contributed by atoms with Crippen molar-refractivity contribution in [2.75, 3.05) is 0 Å². The SMILES string of the molecule is Cc1ccc(-c2csc(C(C)N)n2)cc1C. The van der Waals surface area contributed by atoms with E-state index in [0.717, 1.165) is 10.7 Å². The molecule has 2 rings (SSSR count). The van der Waals surface area contributed by atoms with Gasteiger partial charge in [-0.15, -0.1) is 11.3 Å². The predicted molar refractivity (Wildman–Crippen MR) is 69.6 cm³/mol. The van der Waals surface area contributed by atoms with E-state index in [1.807, 2.05) is 6.92 Å². The van der Waals surface area contributed by atoms with Crippen molar-refractivity contribution in [2.24, 2.45) is 5.73 Å². The minimum atomic E-state index is 0.0188. The van der Waals surface area contributed by atoms with E-state index in [-0.39, 0.29) is 6.04 Å². The molecule has 0 fully saturated rings. The van der Waals surface area contributed by atoms with E-state index in [0.29, 0.717) is 0 Å². The zero-order valence-electron chi connectivity index (χ0n) is 9.82. The fourth-order valence-electron chi connectivity index (χ4n) is 1.53. The summed E-state index contributed by atoms with van der Waals surface area (Å²) in [5, 5.41) is 3.07. The number of nitrogens with two attached hydrogens (primary N) is 1. The van der Waals surface area contributed by atoms with Gasteiger partial charge in [0.25, 0.3) is 0 Å². The molecule has 0 aliphatic heterocycles. The minimum Gasteiger partial charge on any atom is -0.322 e. The highest BCUT2D eigenvalue weighted by Crippen LogP contribution is 2.25. The fourth-order valence-corrected chi connectivity index (χ4v) is 2.32. The molecule has 1 aromatic heterocycles. The predicted octanol–water partition coefficient (Wildman–Crippen LogP) is 3.45. The van der Waals surface area contributed by atoms with Gasteiger partial charge in [0.2, 0.25) is 0 Å². The van der Waals surface area contributed by atoms with Gasteiger partial charge in [-0.3, -0.25) is 0 Å². The lowest BCUT2D eigenvalue weighted by molar-refractivity contribution is 0.808. The quantitative estimate of drug-likeness (QED) is 0.861. The Labute approximate surface area is 100 Å². The van der Waals surface area contributed by atoms with Crippen LogP contribution in [-0.4, -0.2) is 4.98 Å². The summed E-state index contributed by atoms with van der Waals surface area (Å²) >= 11 is 1.63. The number of nitrogens with zero attached hydrogens (tertiary/aromatic N) is 1. The van der Waals surface area contributed by atoms with Gasteiger partial charge in [0.1, 0.15) is 5.01 Å². The molecular weight excluding hydrogens is 216 g/mol. The van der Waals surface area contributed by atoms with Crippen LogP contribution in [0.25, 0.3) is 11.3 Å². The van der Waals surface area contributed by atoms with Gasteiger partial charge in [-0.1, -0.05) is 12.1 Å². The van der Waals surface area contributed by atoms with Crippen molar-refractivity contribution in [1.82, 2.24) is 4.98 Å². The Morgan fingerprint density at radius 1 is 1.25 bits per heavy atom. The molecular formula is C13H16N2S. The van der Waals surface area contributed by atoms with Crippen LogP contribution < -0.4 is 5.73 Å². The van der Waals surface area contributed by atoms with E-state index in [9.17, 15) is 0 Å². The Morgan fingerprint density at radius 3 is 2.56 bits per heavy atom. The number of aromatic nitrogens is 1. The lowest BCUT2D eigenvalue weighted by Gasteiger charge is -2.02. The Balaban J connectivity index is 2.39. The van der Waals surface area contributed by atoms with Gasteiger partial charge in [0.15, 0.2) is 0 Å². The van der Waals surface area contributed by atoms with Crippen LogP contribution in [0.4, 0.5) is 0 Å². The van der Waals surface area contributed by atoms with Gasteiger partial charge >= 0.3 is 0 Å².